The van der Waals surface area contributed by atoms with E-state index in [0.29, 0.717) is 24.4 Å². The summed E-state index contributed by atoms with van der Waals surface area (Å²) in [7, 11) is 0. The van der Waals surface area contributed by atoms with E-state index in [9.17, 15) is 9.59 Å². The van der Waals surface area contributed by atoms with Gasteiger partial charge in [-0.3, -0.25) is 9.69 Å². The number of ketones is 1. The van der Waals surface area contributed by atoms with Crippen LogP contribution in [0.1, 0.15) is 27.0 Å². The minimum absolute atomic E-state index is 0.0948. The molecule has 0 aromatic heterocycles. The Morgan fingerprint density at radius 1 is 1.12 bits per heavy atom. The standard InChI is InChI=1S/C20H19NO3/c1-14-6-7-16(12-15(14)2)8-9-19(22)17-4-3-5-18(13-17)21-10-11-24-20(21)23/h3-9,12-13H,10-11H2,1-2H3. The van der Waals surface area contributed by atoms with Crippen molar-refractivity contribution >= 4 is 23.6 Å². The number of nitrogens with zero attached hydrogens (tertiary/aromatic N) is 1. The van der Waals surface area contributed by atoms with Crippen molar-refractivity contribution in [3.8, 4) is 0 Å². The molecule has 0 atom stereocenters. The van der Waals surface area contributed by atoms with Crippen molar-refractivity contribution in [3.63, 3.8) is 0 Å². The van der Waals surface area contributed by atoms with E-state index < -0.39 is 0 Å². The lowest BCUT2D eigenvalue weighted by atomic mass is 10.0. The molecule has 1 fully saturated rings. The number of benzene rings is 2. The molecule has 0 bridgehead atoms. The Labute approximate surface area is 141 Å². The van der Waals surface area contributed by atoms with Gasteiger partial charge in [-0.15, -0.1) is 0 Å². The third-order valence-electron chi connectivity index (χ3n) is 4.16. The van der Waals surface area contributed by atoms with Gasteiger partial charge in [-0.25, -0.2) is 4.79 Å². The fraction of sp³-hybridized carbons (Fsp3) is 0.200. The van der Waals surface area contributed by atoms with Crippen molar-refractivity contribution in [2.75, 3.05) is 18.1 Å². The number of amides is 1. The number of carbonyl (C=O) groups excluding carboxylic acids is 2. The number of carbonyl (C=O) groups is 2. The maximum Gasteiger partial charge on any atom is 0.414 e. The SMILES string of the molecule is Cc1ccc(C=CC(=O)c2cccc(N3CCOC3=O)c2)cc1C. The van der Waals surface area contributed by atoms with E-state index in [0.717, 1.165) is 5.56 Å². The smallest absolute Gasteiger partial charge is 0.414 e. The molecule has 24 heavy (non-hydrogen) atoms. The van der Waals surface area contributed by atoms with Crippen LogP contribution in [-0.4, -0.2) is 25.0 Å². The zero-order chi connectivity index (χ0) is 17.1. The molecule has 2 aromatic rings. The Balaban J connectivity index is 1.78. The maximum atomic E-state index is 12.4. The highest BCUT2D eigenvalue weighted by atomic mass is 16.6. The molecule has 0 unspecified atom stereocenters. The highest BCUT2D eigenvalue weighted by Crippen LogP contribution is 2.20. The fourth-order valence-corrected chi connectivity index (χ4v) is 2.59. The summed E-state index contributed by atoms with van der Waals surface area (Å²) < 4.78 is 4.93. The van der Waals surface area contributed by atoms with Crippen molar-refractivity contribution in [2.45, 2.75) is 13.8 Å². The molecule has 2 aromatic carbocycles. The molecule has 0 aliphatic carbocycles. The molecular formula is C20H19NO3. The van der Waals surface area contributed by atoms with Crippen LogP contribution in [0.25, 0.3) is 6.08 Å². The Bertz CT molecular complexity index is 823. The van der Waals surface area contributed by atoms with Gasteiger partial charge in [0.2, 0.25) is 0 Å². The Morgan fingerprint density at radius 3 is 2.67 bits per heavy atom. The van der Waals surface area contributed by atoms with Gasteiger partial charge < -0.3 is 4.74 Å². The summed E-state index contributed by atoms with van der Waals surface area (Å²) in [4.78, 5) is 25.6. The van der Waals surface area contributed by atoms with Crippen LogP contribution in [0.5, 0.6) is 0 Å². The zero-order valence-corrected chi connectivity index (χ0v) is 13.8. The topological polar surface area (TPSA) is 46.6 Å². The van der Waals surface area contributed by atoms with Gasteiger partial charge in [0.15, 0.2) is 5.78 Å². The van der Waals surface area contributed by atoms with Gasteiger partial charge in [0.25, 0.3) is 0 Å². The molecule has 0 radical (unpaired) electrons. The minimum atomic E-state index is -0.370. The van der Waals surface area contributed by atoms with Gasteiger partial charge in [0.05, 0.1) is 6.54 Å². The maximum absolute atomic E-state index is 12.4. The van der Waals surface area contributed by atoms with Gasteiger partial charge in [-0.1, -0.05) is 36.4 Å². The Morgan fingerprint density at radius 2 is 1.96 bits per heavy atom. The van der Waals surface area contributed by atoms with E-state index in [2.05, 4.69) is 13.0 Å². The van der Waals surface area contributed by atoms with Crippen molar-refractivity contribution in [1.29, 1.82) is 0 Å². The minimum Gasteiger partial charge on any atom is -0.447 e. The molecule has 1 amide bonds. The lowest BCUT2D eigenvalue weighted by Gasteiger charge is -2.13. The molecule has 122 valence electrons. The van der Waals surface area contributed by atoms with Gasteiger partial charge in [-0.05, 0) is 48.7 Å². The van der Waals surface area contributed by atoms with Crippen molar-refractivity contribution in [3.05, 3.63) is 70.8 Å². The second kappa shape index (κ2) is 6.71. The second-order valence-corrected chi connectivity index (χ2v) is 5.86. The van der Waals surface area contributed by atoms with E-state index >= 15 is 0 Å². The summed E-state index contributed by atoms with van der Waals surface area (Å²) in [6.45, 7) is 4.99. The van der Waals surface area contributed by atoms with Crippen LogP contribution >= 0.6 is 0 Å². The van der Waals surface area contributed by atoms with E-state index in [1.807, 2.05) is 25.1 Å². The fourth-order valence-electron chi connectivity index (χ4n) is 2.59. The van der Waals surface area contributed by atoms with Crippen LogP contribution < -0.4 is 4.90 Å². The number of anilines is 1. The third kappa shape index (κ3) is 3.38. The first-order valence-corrected chi connectivity index (χ1v) is 7.88. The molecule has 1 aliphatic heterocycles. The number of hydrogen-bond acceptors (Lipinski definition) is 3. The number of rotatable bonds is 4. The van der Waals surface area contributed by atoms with Gasteiger partial charge >= 0.3 is 6.09 Å². The summed E-state index contributed by atoms with van der Waals surface area (Å²) in [5.74, 6) is -0.0948. The van der Waals surface area contributed by atoms with Crippen LogP contribution in [0.2, 0.25) is 0 Å². The van der Waals surface area contributed by atoms with Crippen LogP contribution in [0, 0.1) is 13.8 Å². The van der Waals surface area contributed by atoms with Crippen molar-refractivity contribution < 1.29 is 14.3 Å². The first-order chi connectivity index (χ1) is 11.5. The number of allylic oxidation sites excluding steroid dienone is 1. The Hall–Kier alpha value is -2.88. The van der Waals surface area contributed by atoms with E-state index in [4.69, 9.17) is 4.74 Å². The molecule has 1 heterocycles. The summed E-state index contributed by atoms with van der Waals surface area (Å²) in [6, 6.07) is 13.1. The number of hydrogen-bond donors (Lipinski definition) is 0. The molecule has 4 heteroatoms. The molecule has 0 saturated carbocycles. The molecule has 1 saturated heterocycles. The van der Waals surface area contributed by atoms with E-state index in [-0.39, 0.29) is 11.9 Å². The summed E-state index contributed by atoms with van der Waals surface area (Å²) in [5.41, 5.74) is 4.64. The first kappa shape index (κ1) is 16.0. The van der Waals surface area contributed by atoms with E-state index in [1.165, 1.54) is 16.0 Å². The monoisotopic (exact) mass is 321 g/mol. The Kier molecular flexibility index (Phi) is 4.47. The average molecular weight is 321 g/mol. The third-order valence-corrected chi connectivity index (χ3v) is 4.16. The molecule has 4 nitrogen and oxygen atoms in total. The average Bonchev–Trinajstić information content (AvgIpc) is 3.02. The predicted molar refractivity (Wildman–Crippen MR) is 94.4 cm³/mol. The van der Waals surface area contributed by atoms with Gasteiger partial charge in [-0.2, -0.15) is 0 Å². The molecule has 0 spiro atoms. The van der Waals surface area contributed by atoms with Gasteiger partial charge in [0.1, 0.15) is 6.61 Å². The van der Waals surface area contributed by atoms with Crippen LogP contribution in [0.3, 0.4) is 0 Å². The van der Waals surface area contributed by atoms with Crippen LogP contribution in [0.15, 0.2) is 48.5 Å². The lowest BCUT2D eigenvalue weighted by molar-refractivity contribution is 0.104. The molecular weight excluding hydrogens is 302 g/mol. The number of aryl methyl sites for hydroxylation is 2. The highest BCUT2D eigenvalue weighted by molar-refractivity contribution is 6.07. The summed E-state index contributed by atoms with van der Waals surface area (Å²) in [5, 5.41) is 0. The number of ether oxygens (including phenoxy) is 1. The van der Waals surface area contributed by atoms with Crippen LogP contribution in [0.4, 0.5) is 10.5 Å². The van der Waals surface area contributed by atoms with Crippen LogP contribution in [-0.2, 0) is 4.74 Å². The molecule has 0 N–H and O–H groups in total. The summed E-state index contributed by atoms with van der Waals surface area (Å²) >= 11 is 0. The quantitative estimate of drug-likeness (QED) is 0.627. The first-order valence-electron chi connectivity index (χ1n) is 7.88. The molecule has 1 aliphatic rings. The summed E-state index contributed by atoms with van der Waals surface area (Å²) in [6.07, 6.45) is 3.00. The normalized spacial score (nSPS) is 14.2. The number of cyclic esters (lactones) is 1. The highest BCUT2D eigenvalue weighted by Gasteiger charge is 2.23. The van der Waals surface area contributed by atoms with Crippen molar-refractivity contribution in [2.24, 2.45) is 0 Å². The second-order valence-electron chi connectivity index (χ2n) is 5.86. The zero-order valence-electron chi connectivity index (χ0n) is 13.8. The van der Waals surface area contributed by atoms with E-state index in [1.54, 1.807) is 30.3 Å². The van der Waals surface area contributed by atoms with Gasteiger partial charge in [0, 0.05) is 11.3 Å². The molecule has 3 rings (SSSR count). The largest absolute Gasteiger partial charge is 0.447 e. The predicted octanol–water partition coefficient (Wildman–Crippen LogP) is 4.16. The lowest BCUT2D eigenvalue weighted by Crippen LogP contribution is -2.23. The van der Waals surface area contributed by atoms with Crippen molar-refractivity contribution in [1.82, 2.24) is 0 Å².